The van der Waals surface area contributed by atoms with Gasteiger partial charge >= 0.3 is 0 Å². The van der Waals surface area contributed by atoms with Gasteiger partial charge in [0.2, 0.25) is 12.2 Å². The van der Waals surface area contributed by atoms with Gasteiger partial charge < -0.3 is 56.1 Å². The average molecular weight is 622 g/mol. The molecule has 2 fully saturated rings. The molecule has 0 spiro atoms. The number of amides is 2. The monoisotopic (exact) mass is 621 g/mol. The molecule has 0 radical (unpaired) electrons. The molecule has 1 aromatic carbocycles. The van der Waals surface area contributed by atoms with Gasteiger partial charge in [0.05, 0.1) is 13.0 Å². The Bertz CT molecular complexity index is 1160. The molecule has 2 amide bonds. The summed E-state index contributed by atoms with van der Waals surface area (Å²) in [5.41, 5.74) is 6.12. The number of ether oxygens (including phenoxy) is 2. The van der Waals surface area contributed by atoms with E-state index in [4.69, 9.17) is 15.2 Å². The molecule has 13 nitrogen and oxygen atoms in total. The third kappa shape index (κ3) is 9.66. The molecule has 2 aromatic rings. The maximum Gasteiger partial charge on any atom is 0.251 e. The van der Waals surface area contributed by atoms with Crippen molar-refractivity contribution in [2.75, 3.05) is 64.3 Å². The Morgan fingerprint density at radius 1 is 1.02 bits per heavy atom. The SMILES string of the molecule is NCCCN1CCN(CCCNC(=O)c2cc(NC(=O)Cc3cccs3)cc(O[C@@H]3O[C@H](CO)[C@@H](O)[C@H](O)[C@H]3O)c2)CC1. The number of hydrogen-bond acceptors (Lipinski definition) is 12. The highest BCUT2D eigenvalue weighted by Crippen LogP contribution is 2.28. The third-order valence-electron chi connectivity index (χ3n) is 7.55. The number of nitrogens with zero attached hydrogens (tertiary/aromatic N) is 2. The number of rotatable bonds is 14. The zero-order valence-corrected chi connectivity index (χ0v) is 25.0. The van der Waals surface area contributed by atoms with Crippen molar-refractivity contribution in [3.05, 3.63) is 46.2 Å². The number of thiophene rings is 1. The first-order valence-electron chi connectivity index (χ1n) is 14.6. The second kappa shape index (κ2) is 16.4. The van der Waals surface area contributed by atoms with Gasteiger partial charge in [0.25, 0.3) is 5.91 Å². The van der Waals surface area contributed by atoms with E-state index in [2.05, 4.69) is 20.4 Å². The molecule has 0 aliphatic carbocycles. The van der Waals surface area contributed by atoms with E-state index in [0.717, 1.165) is 57.0 Å². The third-order valence-corrected chi connectivity index (χ3v) is 8.42. The first-order chi connectivity index (χ1) is 20.8. The van der Waals surface area contributed by atoms with Gasteiger partial charge in [-0.05, 0) is 56.1 Å². The van der Waals surface area contributed by atoms with E-state index < -0.39 is 37.3 Å². The smallest absolute Gasteiger partial charge is 0.251 e. The number of aliphatic hydroxyl groups is 4. The number of carbonyl (C=O) groups is 2. The van der Waals surface area contributed by atoms with Gasteiger partial charge in [0.15, 0.2) is 0 Å². The average Bonchev–Trinajstić information content (AvgIpc) is 3.51. The van der Waals surface area contributed by atoms with E-state index in [1.165, 1.54) is 29.5 Å². The minimum Gasteiger partial charge on any atom is -0.462 e. The Morgan fingerprint density at radius 3 is 2.40 bits per heavy atom. The van der Waals surface area contributed by atoms with Gasteiger partial charge in [-0.2, -0.15) is 0 Å². The summed E-state index contributed by atoms with van der Waals surface area (Å²) in [5, 5.41) is 47.7. The van der Waals surface area contributed by atoms with E-state index in [1.807, 2.05) is 17.5 Å². The van der Waals surface area contributed by atoms with Crippen molar-refractivity contribution in [2.45, 2.75) is 50.0 Å². The number of nitrogens with two attached hydrogens (primary N) is 1. The molecule has 2 aliphatic heterocycles. The first kappa shape index (κ1) is 33.2. The normalized spacial score (nSPS) is 24.9. The number of hydrogen-bond donors (Lipinski definition) is 7. The number of benzene rings is 1. The molecule has 0 saturated carbocycles. The predicted octanol–water partition coefficient (Wildman–Crippen LogP) is -0.806. The zero-order chi connectivity index (χ0) is 30.8. The van der Waals surface area contributed by atoms with E-state index in [9.17, 15) is 30.0 Å². The Hall–Kier alpha value is -2.66. The minimum atomic E-state index is -1.63. The summed E-state index contributed by atoms with van der Waals surface area (Å²) in [6.07, 6.45) is -5.48. The Morgan fingerprint density at radius 2 is 1.74 bits per heavy atom. The van der Waals surface area contributed by atoms with Crippen molar-refractivity contribution >= 4 is 28.8 Å². The highest BCUT2D eigenvalue weighted by molar-refractivity contribution is 7.10. The van der Waals surface area contributed by atoms with Gasteiger partial charge in [0, 0.05) is 54.9 Å². The molecular weight excluding hydrogens is 578 g/mol. The molecule has 5 atom stereocenters. The molecule has 2 aliphatic rings. The lowest BCUT2D eigenvalue weighted by Gasteiger charge is -2.39. The summed E-state index contributed by atoms with van der Waals surface area (Å²) < 4.78 is 11.2. The Balaban J connectivity index is 1.38. The van der Waals surface area contributed by atoms with Crippen LogP contribution >= 0.6 is 11.3 Å². The van der Waals surface area contributed by atoms with Gasteiger partial charge in [0.1, 0.15) is 30.2 Å². The fourth-order valence-electron chi connectivity index (χ4n) is 5.10. The largest absolute Gasteiger partial charge is 0.462 e. The quantitative estimate of drug-likeness (QED) is 0.131. The standard InChI is InChI=1S/C29H43N5O8S/c30-5-2-7-33-9-11-34(12-10-33)8-3-6-31-28(40)19-14-20(32-24(36)17-22-4-1-13-43-22)16-21(15-19)41-29-27(39)26(38)25(37)23(18-35)42-29/h1,4,13-16,23,25-27,29,35,37-39H,2-3,5-12,17-18,30H2,(H,31,40)(H,32,36)/t23-,25-,26+,27-,29-/m1/s1. The van der Waals surface area contributed by atoms with Gasteiger partial charge in [-0.25, -0.2) is 0 Å². The van der Waals surface area contributed by atoms with E-state index in [0.29, 0.717) is 18.8 Å². The van der Waals surface area contributed by atoms with Gasteiger partial charge in [-0.1, -0.05) is 6.07 Å². The van der Waals surface area contributed by atoms with Crippen LogP contribution < -0.4 is 21.1 Å². The van der Waals surface area contributed by atoms with Crippen molar-refractivity contribution in [1.82, 2.24) is 15.1 Å². The van der Waals surface area contributed by atoms with Crippen molar-refractivity contribution < 1.29 is 39.5 Å². The van der Waals surface area contributed by atoms with Gasteiger partial charge in [-0.15, -0.1) is 11.3 Å². The van der Waals surface area contributed by atoms with Crippen LogP contribution in [0.2, 0.25) is 0 Å². The molecule has 43 heavy (non-hydrogen) atoms. The summed E-state index contributed by atoms with van der Waals surface area (Å²) in [5.74, 6) is -0.586. The lowest BCUT2D eigenvalue weighted by molar-refractivity contribution is -0.277. The summed E-state index contributed by atoms with van der Waals surface area (Å²) in [7, 11) is 0. The van der Waals surface area contributed by atoms with Crippen LogP contribution in [0.25, 0.3) is 0 Å². The summed E-state index contributed by atoms with van der Waals surface area (Å²) in [6, 6.07) is 8.14. The maximum absolute atomic E-state index is 13.1. The topological polar surface area (TPSA) is 190 Å². The van der Waals surface area contributed by atoms with Crippen LogP contribution in [0.5, 0.6) is 5.75 Å². The van der Waals surface area contributed by atoms with Crippen LogP contribution in [0, 0.1) is 0 Å². The fraction of sp³-hybridized carbons (Fsp3) is 0.586. The molecule has 2 saturated heterocycles. The minimum absolute atomic E-state index is 0.0795. The second-order valence-electron chi connectivity index (χ2n) is 10.8. The first-order valence-corrected chi connectivity index (χ1v) is 15.5. The predicted molar refractivity (Wildman–Crippen MR) is 161 cm³/mol. The lowest BCUT2D eigenvalue weighted by atomic mass is 9.99. The highest BCUT2D eigenvalue weighted by Gasteiger charge is 2.44. The van der Waals surface area contributed by atoms with Crippen LogP contribution in [-0.2, 0) is 16.0 Å². The van der Waals surface area contributed by atoms with Crippen LogP contribution in [-0.4, -0.2) is 132 Å². The van der Waals surface area contributed by atoms with Crippen LogP contribution in [0.4, 0.5) is 5.69 Å². The summed E-state index contributed by atoms with van der Waals surface area (Å²) in [6.45, 7) is 6.39. The Kier molecular flexibility index (Phi) is 12.7. The highest BCUT2D eigenvalue weighted by atomic mass is 32.1. The number of piperazine rings is 1. The fourth-order valence-corrected chi connectivity index (χ4v) is 5.81. The van der Waals surface area contributed by atoms with Crippen molar-refractivity contribution in [3.63, 3.8) is 0 Å². The van der Waals surface area contributed by atoms with Gasteiger partial charge in [-0.3, -0.25) is 9.59 Å². The van der Waals surface area contributed by atoms with E-state index >= 15 is 0 Å². The van der Waals surface area contributed by atoms with Crippen molar-refractivity contribution in [1.29, 1.82) is 0 Å². The number of anilines is 1. The number of nitrogens with one attached hydrogen (secondary N) is 2. The molecule has 4 rings (SSSR count). The molecule has 14 heteroatoms. The lowest BCUT2D eigenvalue weighted by Crippen LogP contribution is -2.60. The number of aliphatic hydroxyl groups excluding tert-OH is 4. The molecular formula is C29H43N5O8S. The van der Waals surface area contributed by atoms with Crippen LogP contribution in [0.3, 0.4) is 0 Å². The molecule has 0 bridgehead atoms. The van der Waals surface area contributed by atoms with Crippen molar-refractivity contribution in [3.8, 4) is 5.75 Å². The Labute approximate surface area is 255 Å². The molecule has 1 aromatic heterocycles. The second-order valence-corrected chi connectivity index (χ2v) is 11.8. The summed E-state index contributed by atoms with van der Waals surface area (Å²) in [4.78, 5) is 31.5. The summed E-state index contributed by atoms with van der Waals surface area (Å²) >= 11 is 1.45. The molecule has 8 N–H and O–H groups in total. The molecule has 238 valence electrons. The molecule has 3 heterocycles. The van der Waals surface area contributed by atoms with Crippen LogP contribution in [0.15, 0.2) is 35.7 Å². The molecule has 0 unspecified atom stereocenters. The zero-order valence-electron chi connectivity index (χ0n) is 24.1. The number of carbonyl (C=O) groups excluding carboxylic acids is 2. The maximum atomic E-state index is 13.1. The van der Waals surface area contributed by atoms with E-state index in [-0.39, 0.29) is 29.5 Å². The van der Waals surface area contributed by atoms with Crippen molar-refractivity contribution in [2.24, 2.45) is 5.73 Å². The van der Waals surface area contributed by atoms with E-state index in [1.54, 1.807) is 0 Å². The van der Waals surface area contributed by atoms with Crippen LogP contribution in [0.1, 0.15) is 28.1 Å².